The highest BCUT2D eigenvalue weighted by atomic mass is 15.3. The Kier molecular flexibility index (Phi) is 4.92. The molecular formula is C15H22N6. The lowest BCUT2D eigenvalue weighted by atomic mass is 10.0. The Hall–Kier alpha value is -2.37. The van der Waals surface area contributed by atoms with E-state index in [0.717, 1.165) is 6.54 Å². The first-order valence-electron chi connectivity index (χ1n) is 7.00. The molecule has 2 aromatic rings. The molecule has 0 fully saturated rings. The van der Waals surface area contributed by atoms with Gasteiger partial charge in [-0.25, -0.2) is 0 Å². The Morgan fingerprint density at radius 2 is 1.71 bits per heavy atom. The Bertz CT molecular complexity index is 570. The molecule has 2 N–H and O–H groups in total. The van der Waals surface area contributed by atoms with Gasteiger partial charge in [-0.1, -0.05) is 37.3 Å². The van der Waals surface area contributed by atoms with E-state index < -0.39 is 0 Å². The molecule has 0 radical (unpaired) electrons. The highest BCUT2D eigenvalue weighted by Gasteiger charge is 2.09. The van der Waals surface area contributed by atoms with Gasteiger partial charge in [0.2, 0.25) is 17.8 Å². The average molecular weight is 286 g/mol. The molecule has 1 aromatic heterocycles. The lowest BCUT2D eigenvalue weighted by molar-refractivity contribution is 0.794. The summed E-state index contributed by atoms with van der Waals surface area (Å²) >= 11 is 0. The molecule has 1 unspecified atom stereocenters. The predicted molar refractivity (Wildman–Crippen MR) is 87.0 cm³/mol. The number of nitrogens with one attached hydrogen (secondary N) is 2. The normalized spacial score (nSPS) is 11.8. The quantitative estimate of drug-likeness (QED) is 0.848. The van der Waals surface area contributed by atoms with Gasteiger partial charge >= 0.3 is 0 Å². The number of hydrogen-bond acceptors (Lipinski definition) is 6. The number of nitrogens with zero attached hydrogens (tertiary/aromatic N) is 4. The maximum Gasteiger partial charge on any atom is 0.231 e. The molecule has 1 aromatic carbocycles. The van der Waals surface area contributed by atoms with Gasteiger partial charge in [-0.05, 0) is 11.5 Å². The topological polar surface area (TPSA) is 66.0 Å². The first-order valence-corrected chi connectivity index (χ1v) is 7.00. The van der Waals surface area contributed by atoms with Gasteiger partial charge < -0.3 is 15.5 Å². The Balaban J connectivity index is 2.07. The average Bonchev–Trinajstić information content (AvgIpc) is 2.53. The second kappa shape index (κ2) is 6.88. The standard InChI is InChI=1S/C15H22N6/c1-11(12-8-6-5-7-9-12)10-17-14-18-13(16-2)19-15(20-14)21(3)4/h5-9,11H,10H2,1-4H3,(H2,16,17,18,19,20). The van der Waals surface area contributed by atoms with Gasteiger partial charge in [-0.3, -0.25) is 0 Å². The molecule has 2 rings (SSSR count). The van der Waals surface area contributed by atoms with Crippen molar-refractivity contribution in [2.75, 3.05) is 43.2 Å². The van der Waals surface area contributed by atoms with Crippen molar-refractivity contribution in [3.8, 4) is 0 Å². The smallest absolute Gasteiger partial charge is 0.231 e. The van der Waals surface area contributed by atoms with Crippen molar-refractivity contribution in [2.24, 2.45) is 0 Å². The summed E-state index contributed by atoms with van der Waals surface area (Å²) < 4.78 is 0. The molecule has 0 bridgehead atoms. The second-order valence-corrected chi connectivity index (χ2v) is 5.12. The third kappa shape index (κ3) is 4.05. The van der Waals surface area contributed by atoms with Crippen molar-refractivity contribution in [1.82, 2.24) is 15.0 Å². The number of rotatable bonds is 6. The van der Waals surface area contributed by atoms with Gasteiger partial charge in [0, 0.05) is 27.7 Å². The van der Waals surface area contributed by atoms with E-state index in [1.165, 1.54) is 5.56 Å². The maximum atomic E-state index is 4.40. The van der Waals surface area contributed by atoms with E-state index in [1.54, 1.807) is 7.05 Å². The van der Waals surface area contributed by atoms with Crippen LogP contribution in [0, 0.1) is 0 Å². The van der Waals surface area contributed by atoms with Gasteiger partial charge in [0.1, 0.15) is 0 Å². The van der Waals surface area contributed by atoms with Crippen LogP contribution in [0.4, 0.5) is 17.8 Å². The highest BCUT2D eigenvalue weighted by Crippen LogP contribution is 2.16. The van der Waals surface area contributed by atoms with Crippen molar-refractivity contribution in [3.05, 3.63) is 35.9 Å². The van der Waals surface area contributed by atoms with E-state index in [-0.39, 0.29) is 0 Å². The summed E-state index contributed by atoms with van der Waals surface area (Å²) in [5.74, 6) is 2.15. The Labute approximate surface area is 125 Å². The molecule has 0 aliphatic carbocycles. The minimum atomic E-state index is 0.379. The van der Waals surface area contributed by atoms with Gasteiger partial charge in [0.05, 0.1) is 0 Å². The van der Waals surface area contributed by atoms with Crippen molar-refractivity contribution >= 4 is 17.8 Å². The lowest BCUT2D eigenvalue weighted by Gasteiger charge is -2.15. The monoisotopic (exact) mass is 286 g/mol. The number of anilines is 3. The molecule has 21 heavy (non-hydrogen) atoms. The molecule has 0 aliphatic heterocycles. The molecule has 1 atom stereocenters. The molecule has 0 saturated heterocycles. The fraction of sp³-hybridized carbons (Fsp3) is 0.400. The van der Waals surface area contributed by atoms with Crippen molar-refractivity contribution < 1.29 is 0 Å². The van der Waals surface area contributed by atoms with E-state index in [9.17, 15) is 0 Å². The van der Waals surface area contributed by atoms with E-state index >= 15 is 0 Å². The SMILES string of the molecule is CNc1nc(NCC(C)c2ccccc2)nc(N(C)C)n1. The zero-order valence-corrected chi connectivity index (χ0v) is 13.0. The summed E-state index contributed by atoms with van der Waals surface area (Å²) in [6.45, 7) is 2.94. The number of hydrogen-bond donors (Lipinski definition) is 2. The maximum absolute atomic E-state index is 4.40. The molecule has 0 amide bonds. The summed E-state index contributed by atoms with van der Waals surface area (Å²) in [5.41, 5.74) is 1.29. The van der Waals surface area contributed by atoms with Gasteiger partial charge in [0.15, 0.2) is 0 Å². The van der Waals surface area contributed by atoms with Gasteiger partial charge in [-0.2, -0.15) is 15.0 Å². The molecule has 6 heteroatoms. The lowest BCUT2D eigenvalue weighted by Crippen LogP contribution is -2.18. The van der Waals surface area contributed by atoms with Crippen LogP contribution in [0.25, 0.3) is 0 Å². The first-order chi connectivity index (χ1) is 10.1. The Morgan fingerprint density at radius 3 is 2.33 bits per heavy atom. The third-order valence-electron chi connectivity index (χ3n) is 3.18. The minimum Gasteiger partial charge on any atom is -0.357 e. The molecule has 1 heterocycles. The zero-order chi connectivity index (χ0) is 15.2. The number of benzene rings is 1. The molecule has 0 saturated carbocycles. The molecular weight excluding hydrogens is 264 g/mol. The van der Waals surface area contributed by atoms with Gasteiger partial charge in [0.25, 0.3) is 0 Å². The van der Waals surface area contributed by atoms with E-state index in [4.69, 9.17) is 0 Å². The van der Waals surface area contributed by atoms with Crippen LogP contribution in [0.15, 0.2) is 30.3 Å². The molecule has 0 aliphatic rings. The highest BCUT2D eigenvalue weighted by molar-refractivity contribution is 5.42. The van der Waals surface area contributed by atoms with Crippen molar-refractivity contribution in [2.45, 2.75) is 12.8 Å². The second-order valence-electron chi connectivity index (χ2n) is 5.12. The summed E-state index contributed by atoms with van der Waals surface area (Å²) in [6.07, 6.45) is 0. The fourth-order valence-corrected chi connectivity index (χ4v) is 1.90. The Morgan fingerprint density at radius 1 is 1.05 bits per heavy atom. The van der Waals surface area contributed by atoms with Crippen LogP contribution in [0.2, 0.25) is 0 Å². The summed E-state index contributed by atoms with van der Waals surface area (Å²) in [4.78, 5) is 14.9. The zero-order valence-electron chi connectivity index (χ0n) is 13.0. The van der Waals surface area contributed by atoms with E-state index in [0.29, 0.717) is 23.8 Å². The molecule has 0 spiro atoms. The fourth-order valence-electron chi connectivity index (χ4n) is 1.90. The van der Waals surface area contributed by atoms with Crippen LogP contribution in [-0.4, -0.2) is 42.6 Å². The first kappa shape index (κ1) is 15.0. The van der Waals surface area contributed by atoms with Crippen LogP contribution in [0.3, 0.4) is 0 Å². The van der Waals surface area contributed by atoms with E-state index in [2.05, 4.69) is 56.8 Å². The van der Waals surface area contributed by atoms with Crippen molar-refractivity contribution in [1.29, 1.82) is 0 Å². The summed E-state index contributed by atoms with van der Waals surface area (Å²) in [7, 11) is 5.61. The molecule has 112 valence electrons. The van der Waals surface area contributed by atoms with Crippen LogP contribution < -0.4 is 15.5 Å². The summed E-state index contributed by atoms with van der Waals surface area (Å²) in [5, 5.41) is 6.24. The minimum absolute atomic E-state index is 0.379. The number of aromatic nitrogens is 3. The predicted octanol–water partition coefficient (Wildman–Crippen LogP) is 2.19. The van der Waals surface area contributed by atoms with Crippen LogP contribution in [-0.2, 0) is 0 Å². The largest absolute Gasteiger partial charge is 0.357 e. The summed E-state index contributed by atoms with van der Waals surface area (Å²) in [6, 6.07) is 10.4. The van der Waals surface area contributed by atoms with E-state index in [1.807, 2.05) is 25.1 Å². The molecule has 6 nitrogen and oxygen atoms in total. The van der Waals surface area contributed by atoms with Crippen molar-refractivity contribution in [3.63, 3.8) is 0 Å². The van der Waals surface area contributed by atoms with Crippen LogP contribution >= 0.6 is 0 Å². The van der Waals surface area contributed by atoms with Crippen LogP contribution in [0.1, 0.15) is 18.4 Å². The van der Waals surface area contributed by atoms with Crippen LogP contribution in [0.5, 0.6) is 0 Å². The third-order valence-corrected chi connectivity index (χ3v) is 3.18. The van der Waals surface area contributed by atoms with Gasteiger partial charge in [-0.15, -0.1) is 0 Å².